The second kappa shape index (κ2) is 8.59. The standard InChI is InChI=1S/C24H26FN3O3/c1-29-20-4-6-22-18(15-20)9-13-28(22)30-14-2-10-27-11-7-17(8-12-27)24-21-5-3-19(25)16-23(21)31-26-24/h3-6,9,13,15-17H,2,7-8,10-12,14H2,1H3. The number of halogens is 1. The zero-order chi connectivity index (χ0) is 21.2. The number of aromatic nitrogens is 2. The Morgan fingerprint density at radius 1 is 1.13 bits per heavy atom. The molecule has 5 rings (SSSR count). The van der Waals surface area contributed by atoms with Crippen molar-refractivity contribution in [3.63, 3.8) is 0 Å². The molecule has 3 heterocycles. The highest BCUT2D eigenvalue weighted by Gasteiger charge is 2.25. The van der Waals surface area contributed by atoms with Gasteiger partial charge in [0, 0.05) is 35.5 Å². The molecule has 4 aromatic rings. The van der Waals surface area contributed by atoms with E-state index in [9.17, 15) is 4.39 Å². The summed E-state index contributed by atoms with van der Waals surface area (Å²) in [6.07, 6.45) is 4.98. The Bertz CT molecular complexity index is 1180. The molecule has 0 radical (unpaired) electrons. The average molecular weight is 423 g/mol. The van der Waals surface area contributed by atoms with Gasteiger partial charge in [-0.05, 0) is 68.8 Å². The number of rotatable bonds is 7. The van der Waals surface area contributed by atoms with Crippen molar-refractivity contribution in [3.8, 4) is 5.75 Å². The van der Waals surface area contributed by atoms with Gasteiger partial charge in [-0.25, -0.2) is 4.39 Å². The molecule has 1 fully saturated rings. The van der Waals surface area contributed by atoms with E-state index in [1.165, 1.54) is 12.1 Å². The van der Waals surface area contributed by atoms with E-state index in [0.29, 0.717) is 18.1 Å². The number of hydrogen-bond acceptors (Lipinski definition) is 5. The molecule has 0 spiro atoms. The molecule has 6 nitrogen and oxygen atoms in total. The first kappa shape index (κ1) is 19.9. The van der Waals surface area contributed by atoms with Gasteiger partial charge >= 0.3 is 0 Å². The summed E-state index contributed by atoms with van der Waals surface area (Å²) in [4.78, 5) is 8.43. The van der Waals surface area contributed by atoms with Gasteiger partial charge in [0.2, 0.25) is 0 Å². The highest BCUT2D eigenvalue weighted by atomic mass is 19.1. The molecule has 0 bridgehead atoms. The third-order valence-electron chi connectivity index (χ3n) is 6.15. The number of nitrogens with zero attached hydrogens (tertiary/aromatic N) is 3. The van der Waals surface area contributed by atoms with Gasteiger partial charge in [-0.1, -0.05) is 5.16 Å². The summed E-state index contributed by atoms with van der Waals surface area (Å²) in [6, 6.07) is 12.7. The fourth-order valence-electron chi connectivity index (χ4n) is 4.44. The number of likely N-dealkylation sites (tertiary alicyclic amines) is 1. The van der Waals surface area contributed by atoms with E-state index in [1.54, 1.807) is 13.2 Å². The van der Waals surface area contributed by atoms with Crippen molar-refractivity contribution in [3.05, 3.63) is 60.2 Å². The molecule has 0 saturated carbocycles. The third-order valence-corrected chi connectivity index (χ3v) is 6.15. The van der Waals surface area contributed by atoms with Crippen molar-refractivity contribution in [1.29, 1.82) is 0 Å². The first-order valence-electron chi connectivity index (χ1n) is 10.8. The topological polar surface area (TPSA) is 52.7 Å². The molecule has 7 heteroatoms. The molecular formula is C24H26FN3O3. The molecule has 1 saturated heterocycles. The first-order valence-corrected chi connectivity index (χ1v) is 10.8. The van der Waals surface area contributed by atoms with Crippen LogP contribution >= 0.6 is 0 Å². The van der Waals surface area contributed by atoms with Gasteiger partial charge in [0.25, 0.3) is 0 Å². The molecular weight excluding hydrogens is 397 g/mol. The Hall–Kier alpha value is -3.06. The van der Waals surface area contributed by atoms with E-state index in [2.05, 4.69) is 10.1 Å². The molecule has 0 atom stereocenters. The lowest BCUT2D eigenvalue weighted by molar-refractivity contribution is 0.104. The summed E-state index contributed by atoms with van der Waals surface area (Å²) in [7, 11) is 1.67. The van der Waals surface area contributed by atoms with Gasteiger partial charge in [0.1, 0.15) is 18.2 Å². The molecule has 2 aromatic heterocycles. The molecule has 1 aliphatic rings. The maximum absolute atomic E-state index is 13.4. The second-order valence-corrected chi connectivity index (χ2v) is 8.08. The summed E-state index contributed by atoms with van der Waals surface area (Å²) in [5.74, 6) is 0.918. The lowest BCUT2D eigenvalue weighted by Gasteiger charge is -2.31. The zero-order valence-electron chi connectivity index (χ0n) is 17.6. The minimum atomic E-state index is -0.292. The fraction of sp³-hybridized carbons (Fsp3) is 0.375. The Balaban J connectivity index is 1.10. The summed E-state index contributed by atoms with van der Waals surface area (Å²) < 4.78 is 25.8. The van der Waals surface area contributed by atoms with Crippen molar-refractivity contribution in [2.75, 3.05) is 33.4 Å². The number of fused-ring (bicyclic) bond motifs is 2. The molecule has 2 aromatic carbocycles. The van der Waals surface area contributed by atoms with Gasteiger partial charge in [-0.2, -0.15) is 4.73 Å². The van der Waals surface area contributed by atoms with Crippen LogP contribution < -0.4 is 9.57 Å². The van der Waals surface area contributed by atoms with Gasteiger partial charge < -0.3 is 19.0 Å². The van der Waals surface area contributed by atoms with E-state index < -0.39 is 0 Å². The lowest BCUT2D eigenvalue weighted by atomic mass is 9.91. The Kier molecular flexibility index (Phi) is 5.51. The van der Waals surface area contributed by atoms with Crippen LogP contribution in [0.5, 0.6) is 5.75 Å². The maximum atomic E-state index is 13.4. The minimum absolute atomic E-state index is 0.292. The smallest absolute Gasteiger partial charge is 0.170 e. The van der Waals surface area contributed by atoms with Crippen molar-refractivity contribution < 1.29 is 18.5 Å². The molecule has 0 N–H and O–H groups in total. The van der Waals surface area contributed by atoms with Crippen LogP contribution in [0.2, 0.25) is 0 Å². The molecule has 1 aliphatic heterocycles. The van der Waals surface area contributed by atoms with Crippen molar-refractivity contribution in [1.82, 2.24) is 14.8 Å². The van der Waals surface area contributed by atoms with E-state index in [4.69, 9.17) is 14.1 Å². The van der Waals surface area contributed by atoms with Crippen molar-refractivity contribution >= 4 is 21.9 Å². The number of piperidine rings is 1. The second-order valence-electron chi connectivity index (χ2n) is 8.08. The molecule has 0 aliphatic carbocycles. The Morgan fingerprint density at radius 3 is 2.84 bits per heavy atom. The van der Waals surface area contributed by atoms with Gasteiger partial charge in [-0.15, -0.1) is 0 Å². The lowest BCUT2D eigenvalue weighted by Crippen LogP contribution is -2.34. The number of ether oxygens (including phenoxy) is 1. The minimum Gasteiger partial charge on any atom is -0.497 e. The van der Waals surface area contributed by atoms with Crippen LogP contribution in [0.25, 0.3) is 21.9 Å². The van der Waals surface area contributed by atoms with Crippen LogP contribution in [0, 0.1) is 5.82 Å². The summed E-state index contributed by atoms with van der Waals surface area (Å²) in [5.41, 5.74) is 2.54. The monoisotopic (exact) mass is 423 g/mol. The van der Waals surface area contributed by atoms with E-state index >= 15 is 0 Å². The van der Waals surface area contributed by atoms with Crippen LogP contribution in [0.3, 0.4) is 0 Å². The fourth-order valence-corrected chi connectivity index (χ4v) is 4.44. The number of benzene rings is 2. The highest BCUT2D eigenvalue weighted by Crippen LogP contribution is 2.32. The molecule has 0 unspecified atom stereocenters. The highest BCUT2D eigenvalue weighted by molar-refractivity contribution is 5.81. The summed E-state index contributed by atoms with van der Waals surface area (Å²) in [5, 5.41) is 6.27. The summed E-state index contributed by atoms with van der Waals surface area (Å²) in [6.45, 7) is 3.71. The van der Waals surface area contributed by atoms with E-state index in [1.807, 2.05) is 35.2 Å². The van der Waals surface area contributed by atoms with Crippen molar-refractivity contribution in [2.24, 2.45) is 0 Å². The molecule has 0 amide bonds. The van der Waals surface area contributed by atoms with E-state index in [-0.39, 0.29) is 5.82 Å². The summed E-state index contributed by atoms with van der Waals surface area (Å²) >= 11 is 0. The normalized spacial score (nSPS) is 15.7. The zero-order valence-corrected chi connectivity index (χ0v) is 17.6. The Labute approximate surface area is 180 Å². The van der Waals surface area contributed by atoms with Gasteiger partial charge in [0.15, 0.2) is 5.58 Å². The predicted octanol–water partition coefficient (Wildman–Crippen LogP) is 4.63. The van der Waals surface area contributed by atoms with Gasteiger partial charge in [0.05, 0.1) is 18.3 Å². The SMILES string of the molecule is COc1ccc2c(ccn2OCCCN2CCC(c3noc4cc(F)ccc34)CC2)c1. The van der Waals surface area contributed by atoms with Gasteiger partial charge in [-0.3, -0.25) is 0 Å². The van der Waals surface area contributed by atoms with Crippen molar-refractivity contribution in [2.45, 2.75) is 25.2 Å². The quantitative estimate of drug-likeness (QED) is 0.406. The maximum Gasteiger partial charge on any atom is 0.170 e. The largest absolute Gasteiger partial charge is 0.497 e. The average Bonchev–Trinajstić information content (AvgIpc) is 3.40. The van der Waals surface area contributed by atoms with E-state index in [0.717, 1.165) is 66.6 Å². The number of methoxy groups -OCH3 is 1. The first-order chi connectivity index (χ1) is 15.2. The predicted molar refractivity (Wildman–Crippen MR) is 117 cm³/mol. The van der Waals surface area contributed by atoms with Crippen LogP contribution in [0.4, 0.5) is 4.39 Å². The van der Waals surface area contributed by atoms with Crippen LogP contribution in [0.15, 0.2) is 53.2 Å². The van der Waals surface area contributed by atoms with Crippen LogP contribution in [0.1, 0.15) is 30.9 Å². The van der Waals surface area contributed by atoms with Crippen LogP contribution in [-0.4, -0.2) is 48.1 Å². The third kappa shape index (κ3) is 4.10. The Morgan fingerprint density at radius 2 is 2.00 bits per heavy atom. The molecule has 162 valence electrons. The van der Waals surface area contributed by atoms with Crippen LogP contribution in [-0.2, 0) is 0 Å². The molecule has 31 heavy (non-hydrogen) atoms. The number of hydrogen-bond donors (Lipinski definition) is 0.